The predicted octanol–water partition coefficient (Wildman–Crippen LogP) is 7.86. The molecular weight excluding hydrogens is 432 g/mol. The molecule has 0 aliphatic heterocycles. The molecule has 2 aromatic carbocycles. The van der Waals surface area contributed by atoms with Gasteiger partial charge in [-0.15, -0.1) is 0 Å². The lowest BCUT2D eigenvalue weighted by atomic mass is 9.53. The molecule has 2 fully saturated rings. The zero-order chi connectivity index (χ0) is 24.4. The molecular formula is C32H42O3. The minimum absolute atomic E-state index is 0.0905. The number of benzene rings is 2. The van der Waals surface area contributed by atoms with Gasteiger partial charge in [0, 0.05) is 12.3 Å². The second-order valence-electron chi connectivity index (χ2n) is 11.6. The van der Waals surface area contributed by atoms with E-state index in [1.807, 2.05) is 6.07 Å². The molecule has 0 bridgehead atoms. The van der Waals surface area contributed by atoms with Crippen LogP contribution in [0.4, 0.5) is 0 Å². The maximum Gasteiger partial charge on any atom is 0.302 e. The van der Waals surface area contributed by atoms with Crippen LogP contribution in [0, 0.1) is 23.2 Å². The number of hydrogen-bond donors (Lipinski definition) is 0. The lowest BCUT2D eigenvalue weighted by Crippen LogP contribution is -2.46. The predicted molar refractivity (Wildman–Crippen MR) is 140 cm³/mol. The van der Waals surface area contributed by atoms with Gasteiger partial charge in [0.05, 0.1) is 0 Å². The number of unbranched alkanes of at least 4 members (excludes halogenated alkanes) is 2. The van der Waals surface area contributed by atoms with Crippen LogP contribution in [0.5, 0.6) is 5.75 Å². The zero-order valence-corrected chi connectivity index (χ0v) is 21.8. The molecule has 35 heavy (non-hydrogen) atoms. The number of ether oxygens (including phenoxy) is 2. The van der Waals surface area contributed by atoms with Gasteiger partial charge in [-0.3, -0.25) is 4.79 Å². The smallest absolute Gasteiger partial charge is 0.302 e. The van der Waals surface area contributed by atoms with Crippen LogP contribution in [0.3, 0.4) is 0 Å². The molecule has 2 saturated carbocycles. The first-order chi connectivity index (χ1) is 17.0. The van der Waals surface area contributed by atoms with E-state index in [0.717, 1.165) is 25.0 Å². The van der Waals surface area contributed by atoms with Gasteiger partial charge >= 0.3 is 5.97 Å². The van der Waals surface area contributed by atoms with E-state index in [-0.39, 0.29) is 17.5 Å². The van der Waals surface area contributed by atoms with Crippen LogP contribution in [0.15, 0.2) is 48.5 Å². The van der Waals surface area contributed by atoms with E-state index in [9.17, 15) is 4.79 Å². The first-order valence-electron chi connectivity index (χ1n) is 14.0. The standard InChI is InChI=1S/C32H42O3/c1-4-5-7-12-25-20-30(35-22(2)33)32(3)18-17-28-27-16-14-26(34-21-23-10-8-6-9-11-23)19-24(27)13-15-29(28)31(25)32/h6,8-11,14,16,19,25,28-31H,4-5,7,12-13,15,17-18,20-21H2,1-3H3/t25-,28?,29?,30-,31?,32+/m0/s1. The number of hydrogen-bond acceptors (Lipinski definition) is 3. The van der Waals surface area contributed by atoms with E-state index in [2.05, 4.69) is 56.3 Å². The number of rotatable bonds is 8. The summed E-state index contributed by atoms with van der Waals surface area (Å²) < 4.78 is 12.1. The molecule has 3 heteroatoms. The summed E-state index contributed by atoms with van der Waals surface area (Å²) in [6, 6.07) is 17.2. The number of esters is 1. The molecule has 0 saturated heterocycles. The van der Waals surface area contributed by atoms with Gasteiger partial charge in [-0.2, -0.15) is 0 Å². The van der Waals surface area contributed by atoms with Gasteiger partial charge in [-0.1, -0.05) is 75.9 Å². The largest absolute Gasteiger partial charge is 0.489 e. The van der Waals surface area contributed by atoms with Crippen molar-refractivity contribution < 1.29 is 14.3 Å². The molecule has 3 unspecified atom stereocenters. The maximum absolute atomic E-state index is 12.0. The second kappa shape index (κ2) is 10.4. The number of fused-ring (bicyclic) bond motifs is 5. The first-order valence-corrected chi connectivity index (χ1v) is 14.0. The molecule has 0 amide bonds. The van der Waals surface area contributed by atoms with Gasteiger partial charge in [0.2, 0.25) is 0 Å². The molecule has 2 aromatic rings. The van der Waals surface area contributed by atoms with Crippen molar-refractivity contribution >= 4 is 5.97 Å². The fourth-order valence-electron chi connectivity index (χ4n) is 7.96. The van der Waals surface area contributed by atoms with Crippen molar-refractivity contribution in [1.82, 2.24) is 0 Å². The van der Waals surface area contributed by atoms with E-state index < -0.39 is 0 Å². The van der Waals surface area contributed by atoms with Crippen molar-refractivity contribution in [3.63, 3.8) is 0 Å². The average molecular weight is 475 g/mol. The van der Waals surface area contributed by atoms with Gasteiger partial charge in [0.25, 0.3) is 0 Å². The third kappa shape index (κ3) is 4.88. The monoisotopic (exact) mass is 474 g/mol. The van der Waals surface area contributed by atoms with E-state index >= 15 is 0 Å². The third-order valence-corrected chi connectivity index (χ3v) is 9.49. The van der Waals surface area contributed by atoms with Gasteiger partial charge in [-0.05, 0) is 84.6 Å². The minimum atomic E-state index is -0.108. The highest BCUT2D eigenvalue weighted by molar-refractivity contribution is 5.66. The van der Waals surface area contributed by atoms with E-state index in [0.29, 0.717) is 30.3 Å². The molecule has 3 aliphatic carbocycles. The van der Waals surface area contributed by atoms with Gasteiger partial charge < -0.3 is 9.47 Å². The number of carbonyl (C=O) groups is 1. The third-order valence-electron chi connectivity index (χ3n) is 9.49. The summed E-state index contributed by atoms with van der Waals surface area (Å²) in [6.45, 7) is 6.93. The Morgan fingerprint density at radius 2 is 1.91 bits per heavy atom. The highest BCUT2D eigenvalue weighted by Crippen LogP contribution is 2.64. The fourth-order valence-corrected chi connectivity index (χ4v) is 7.96. The Bertz CT molecular complexity index is 1010. The normalized spacial score (nSPS) is 31.2. The summed E-state index contributed by atoms with van der Waals surface area (Å²) in [5.74, 6) is 3.54. The molecule has 3 nitrogen and oxygen atoms in total. The average Bonchev–Trinajstić information content (AvgIpc) is 3.14. The SMILES string of the molecule is CCCCC[C@H]1C[C@H](OC(C)=O)[C@@]2(C)CCC3c4ccc(OCc5ccccc5)cc4CCC3C12. The van der Waals surface area contributed by atoms with Crippen molar-refractivity contribution in [3.05, 3.63) is 65.2 Å². The van der Waals surface area contributed by atoms with Crippen LogP contribution in [0.25, 0.3) is 0 Å². The topological polar surface area (TPSA) is 35.5 Å². The van der Waals surface area contributed by atoms with Crippen LogP contribution in [-0.4, -0.2) is 12.1 Å². The minimum Gasteiger partial charge on any atom is -0.489 e. The lowest BCUT2D eigenvalue weighted by Gasteiger charge is -2.51. The quantitative estimate of drug-likeness (QED) is 0.288. The maximum atomic E-state index is 12.0. The first kappa shape index (κ1) is 24.4. The molecule has 188 valence electrons. The lowest BCUT2D eigenvalue weighted by molar-refractivity contribution is -0.154. The molecule has 5 rings (SSSR count). The van der Waals surface area contributed by atoms with Crippen LogP contribution < -0.4 is 4.74 Å². The van der Waals surface area contributed by atoms with Gasteiger partial charge in [0.15, 0.2) is 0 Å². The van der Waals surface area contributed by atoms with E-state index in [4.69, 9.17) is 9.47 Å². The Morgan fingerprint density at radius 1 is 1.09 bits per heavy atom. The Labute approximate surface area is 211 Å². The molecule has 0 N–H and O–H groups in total. The molecule has 0 aromatic heterocycles. The van der Waals surface area contributed by atoms with Crippen molar-refractivity contribution in [2.45, 2.75) is 97.2 Å². The molecule has 0 spiro atoms. The van der Waals surface area contributed by atoms with Crippen molar-refractivity contribution in [3.8, 4) is 5.75 Å². The molecule has 0 radical (unpaired) electrons. The van der Waals surface area contributed by atoms with E-state index in [1.165, 1.54) is 49.7 Å². The summed E-state index contributed by atoms with van der Waals surface area (Å²) in [4.78, 5) is 12.0. The van der Waals surface area contributed by atoms with Gasteiger partial charge in [0.1, 0.15) is 18.5 Å². The molecule has 6 atom stereocenters. The van der Waals surface area contributed by atoms with Crippen molar-refractivity contribution in [2.75, 3.05) is 0 Å². The van der Waals surface area contributed by atoms with Crippen molar-refractivity contribution in [2.24, 2.45) is 23.2 Å². The Balaban J connectivity index is 1.35. The summed E-state index contributed by atoms with van der Waals surface area (Å²) in [7, 11) is 0. The highest BCUT2D eigenvalue weighted by atomic mass is 16.5. The van der Waals surface area contributed by atoms with Crippen LogP contribution in [-0.2, 0) is 22.6 Å². The Kier molecular flexibility index (Phi) is 7.23. The molecule has 0 heterocycles. The highest BCUT2D eigenvalue weighted by Gasteiger charge is 2.59. The summed E-state index contributed by atoms with van der Waals surface area (Å²) in [5.41, 5.74) is 4.37. The number of carbonyl (C=O) groups excluding carboxylic acids is 1. The zero-order valence-electron chi connectivity index (χ0n) is 21.8. The van der Waals surface area contributed by atoms with Crippen molar-refractivity contribution in [1.29, 1.82) is 0 Å². The number of aryl methyl sites for hydroxylation is 1. The van der Waals surface area contributed by atoms with Crippen LogP contribution in [0.1, 0.15) is 94.7 Å². The summed E-state index contributed by atoms with van der Waals surface area (Å²) in [5, 5.41) is 0. The summed E-state index contributed by atoms with van der Waals surface area (Å²) >= 11 is 0. The van der Waals surface area contributed by atoms with Crippen LogP contribution in [0.2, 0.25) is 0 Å². The Hall–Kier alpha value is -2.29. The van der Waals surface area contributed by atoms with Gasteiger partial charge in [-0.25, -0.2) is 0 Å². The fraction of sp³-hybridized carbons (Fsp3) is 0.594. The Morgan fingerprint density at radius 3 is 2.69 bits per heavy atom. The summed E-state index contributed by atoms with van der Waals surface area (Å²) in [6.07, 6.45) is 11.0. The van der Waals surface area contributed by atoms with E-state index in [1.54, 1.807) is 12.5 Å². The molecule has 3 aliphatic rings. The van der Waals surface area contributed by atoms with Crippen LogP contribution >= 0.6 is 0 Å². The second-order valence-corrected chi connectivity index (χ2v) is 11.6.